The van der Waals surface area contributed by atoms with E-state index >= 15 is 0 Å². The van der Waals surface area contributed by atoms with Crippen LogP contribution in [0, 0.1) is 0 Å². The maximum absolute atomic E-state index is 5.46. The molecular weight excluding hydrogens is 252 g/mol. The Labute approximate surface area is 106 Å². The minimum Gasteiger partial charge on any atom is -0.459 e. The summed E-state index contributed by atoms with van der Waals surface area (Å²) in [6.07, 6.45) is 6.53. The van der Waals surface area contributed by atoms with Crippen molar-refractivity contribution in [1.82, 2.24) is 20.2 Å². The van der Waals surface area contributed by atoms with E-state index in [1.54, 1.807) is 37.0 Å². The third-order valence-electron chi connectivity index (χ3n) is 2.08. The van der Waals surface area contributed by atoms with Gasteiger partial charge in [-0.05, 0) is 12.1 Å². The van der Waals surface area contributed by atoms with Crippen LogP contribution in [0.15, 0.2) is 50.8 Å². The molecule has 0 fully saturated rings. The minimum atomic E-state index is 0.384. The monoisotopic (exact) mass is 260 g/mol. The van der Waals surface area contributed by atoms with E-state index in [9.17, 15) is 0 Å². The smallest absolute Gasteiger partial charge is 0.283 e. The fourth-order valence-electron chi connectivity index (χ4n) is 1.31. The summed E-state index contributed by atoms with van der Waals surface area (Å²) >= 11 is 1.48. The number of furan rings is 1. The number of nitrogens with zero attached hydrogens (tertiary/aromatic N) is 4. The van der Waals surface area contributed by atoms with E-state index < -0.39 is 0 Å². The van der Waals surface area contributed by atoms with Crippen LogP contribution >= 0.6 is 11.8 Å². The van der Waals surface area contributed by atoms with Crippen LogP contribution < -0.4 is 0 Å². The molecule has 3 aromatic heterocycles. The highest BCUT2D eigenvalue weighted by Crippen LogP contribution is 2.22. The molecule has 3 aromatic rings. The Hall–Kier alpha value is -2.15. The SMILES string of the molecule is c1coc(-c2nnc(CSc3cnccn3)o2)c1. The van der Waals surface area contributed by atoms with Crippen LogP contribution in [0.25, 0.3) is 11.7 Å². The Kier molecular flexibility index (Phi) is 3.05. The lowest BCUT2D eigenvalue weighted by Gasteiger charge is -1.94. The van der Waals surface area contributed by atoms with Crippen molar-refractivity contribution < 1.29 is 8.83 Å². The van der Waals surface area contributed by atoms with Crippen molar-refractivity contribution in [2.45, 2.75) is 10.8 Å². The number of aromatic nitrogens is 4. The van der Waals surface area contributed by atoms with Gasteiger partial charge >= 0.3 is 0 Å². The molecule has 0 unspecified atom stereocenters. The van der Waals surface area contributed by atoms with Gasteiger partial charge in [-0.25, -0.2) is 4.98 Å². The lowest BCUT2D eigenvalue weighted by molar-refractivity contribution is 0.494. The van der Waals surface area contributed by atoms with Crippen LogP contribution in [-0.4, -0.2) is 20.2 Å². The lowest BCUT2D eigenvalue weighted by atomic mass is 10.5. The van der Waals surface area contributed by atoms with E-state index in [1.807, 2.05) is 0 Å². The highest BCUT2D eigenvalue weighted by molar-refractivity contribution is 7.98. The van der Waals surface area contributed by atoms with Gasteiger partial charge in [0.25, 0.3) is 5.89 Å². The fraction of sp³-hybridized carbons (Fsp3) is 0.0909. The van der Waals surface area contributed by atoms with Gasteiger partial charge in [0.2, 0.25) is 5.89 Å². The Bertz CT molecular complexity index is 609. The van der Waals surface area contributed by atoms with Gasteiger partial charge in [-0.1, -0.05) is 11.8 Å². The van der Waals surface area contributed by atoms with Gasteiger partial charge in [0.05, 0.1) is 18.2 Å². The standard InChI is InChI=1S/C11H8N4O2S/c1-2-8(16-5-1)11-15-14-9(17-11)7-18-10-6-12-3-4-13-10/h1-6H,7H2. The molecule has 0 amide bonds. The van der Waals surface area contributed by atoms with Crippen molar-refractivity contribution in [3.8, 4) is 11.7 Å². The summed E-state index contributed by atoms with van der Waals surface area (Å²) in [5, 5.41) is 8.67. The molecule has 0 aliphatic heterocycles. The first-order chi connectivity index (χ1) is 8.92. The second-order valence-corrected chi connectivity index (χ2v) is 4.31. The molecule has 0 spiro atoms. The fourth-order valence-corrected chi connectivity index (χ4v) is 1.97. The van der Waals surface area contributed by atoms with Crippen molar-refractivity contribution in [3.05, 3.63) is 42.9 Å². The van der Waals surface area contributed by atoms with E-state index in [0.717, 1.165) is 5.03 Å². The molecule has 18 heavy (non-hydrogen) atoms. The molecule has 0 saturated carbocycles. The zero-order chi connectivity index (χ0) is 12.2. The molecule has 0 radical (unpaired) electrons. The van der Waals surface area contributed by atoms with Crippen molar-refractivity contribution in [2.24, 2.45) is 0 Å². The molecular formula is C11H8N4O2S. The molecule has 0 atom stereocenters. The molecule has 0 aliphatic carbocycles. The second kappa shape index (κ2) is 5.01. The van der Waals surface area contributed by atoms with E-state index in [1.165, 1.54) is 11.8 Å². The highest BCUT2D eigenvalue weighted by Gasteiger charge is 2.11. The lowest BCUT2D eigenvalue weighted by Crippen LogP contribution is -1.83. The number of thioether (sulfide) groups is 1. The quantitative estimate of drug-likeness (QED) is 0.666. The van der Waals surface area contributed by atoms with Crippen molar-refractivity contribution in [2.75, 3.05) is 0 Å². The van der Waals surface area contributed by atoms with Gasteiger partial charge in [-0.3, -0.25) is 4.98 Å². The molecule has 6 nitrogen and oxygen atoms in total. The zero-order valence-electron chi connectivity index (χ0n) is 9.18. The van der Waals surface area contributed by atoms with Gasteiger partial charge < -0.3 is 8.83 Å². The molecule has 0 bridgehead atoms. The predicted molar refractivity (Wildman–Crippen MR) is 63.6 cm³/mol. The average Bonchev–Trinajstić information content (AvgIpc) is 3.08. The van der Waals surface area contributed by atoms with Crippen LogP contribution in [0.5, 0.6) is 0 Å². The van der Waals surface area contributed by atoms with E-state index in [0.29, 0.717) is 23.3 Å². The maximum Gasteiger partial charge on any atom is 0.283 e. The van der Waals surface area contributed by atoms with Crippen molar-refractivity contribution >= 4 is 11.8 Å². The van der Waals surface area contributed by atoms with Crippen LogP contribution in [-0.2, 0) is 5.75 Å². The molecule has 90 valence electrons. The summed E-state index contributed by atoms with van der Waals surface area (Å²) in [5.74, 6) is 2.02. The van der Waals surface area contributed by atoms with Gasteiger partial charge in [-0.15, -0.1) is 10.2 Å². The van der Waals surface area contributed by atoms with Crippen LogP contribution in [0.1, 0.15) is 5.89 Å². The van der Waals surface area contributed by atoms with Crippen LogP contribution in [0.4, 0.5) is 0 Å². The molecule has 0 aliphatic rings. The highest BCUT2D eigenvalue weighted by atomic mass is 32.2. The van der Waals surface area contributed by atoms with E-state index in [4.69, 9.17) is 8.83 Å². The summed E-state index contributed by atoms with van der Waals surface area (Å²) in [6, 6.07) is 3.54. The summed E-state index contributed by atoms with van der Waals surface area (Å²) in [7, 11) is 0. The predicted octanol–water partition coefficient (Wildman–Crippen LogP) is 2.41. The Morgan fingerprint density at radius 3 is 3.00 bits per heavy atom. The van der Waals surface area contributed by atoms with E-state index in [2.05, 4.69) is 20.2 Å². The summed E-state index contributed by atoms with van der Waals surface area (Å²) in [5.41, 5.74) is 0. The summed E-state index contributed by atoms with van der Waals surface area (Å²) in [4.78, 5) is 8.12. The molecule has 0 N–H and O–H groups in total. The average molecular weight is 260 g/mol. The molecule has 3 heterocycles. The first-order valence-electron chi connectivity index (χ1n) is 5.17. The number of rotatable bonds is 4. The number of hydrogen-bond donors (Lipinski definition) is 0. The normalized spacial score (nSPS) is 10.7. The Morgan fingerprint density at radius 1 is 1.22 bits per heavy atom. The minimum absolute atomic E-state index is 0.384. The molecule has 7 heteroatoms. The zero-order valence-corrected chi connectivity index (χ0v) is 10.0. The van der Waals surface area contributed by atoms with Crippen molar-refractivity contribution in [3.63, 3.8) is 0 Å². The van der Waals surface area contributed by atoms with E-state index in [-0.39, 0.29) is 0 Å². The largest absolute Gasteiger partial charge is 0.459 e. The molecule has 0 aromatic carbocycles. The third kappa shape index (κ3) is 2.40. The van der Waals surface area contributed by atoms with Gasteiger partial charge in [-0.2, -0.15) is 0 Å². The first kappa shape index (κ1) is 11.0. The summed E-state index contributed by atoms with van der Waals surface area (Å²) < 4.78 is 10.6. The maximum atomic E-state index is 5.46. The Morgan fingerprint density at radius 2 is 2.22 bits per heavy atom. The summed E-state index contributed by atoms with van der Waals surface area (Å²) in [6.45, 7) is 0. The van der Waals surface area contributed by atoms with Crippen molar-refractivity contribution in [1.29, 1.82) is 0 Å². The van der Waals surface area contributed by atoms with Crippen LogP contribution in [0.2, 0.25) is 0 Å². The first-order valence-corrected chi connectivity index (χ1v) is 6.15. The topological polar surface area (TPSA) is 77.8 Å². The van der Waals surface area contributed by atoms with Gasteiger partial charge in [0.15, 0.2) is 5.76 Å². The second-order valence-electron chi connectivity index (χ2n) is 3.31. The third-order valence-corrected chi connectivity index (χ3v) is 2.98. The van der Waals surface area contributed by atoms with Crippen LogP contribution in [0.3, 0.4) is 0 Å². The number of hydrogen-bond acceptors (Lipinski definition) is 7. The Balaban J connectivity index is 1.68. The van der Waals surface area contributed by atoms with Gasteiger partial charge in [0.1, 0.15) is 5.03 Å². The van der Waals surface area contributed by atoms with Gasteiger partial charge in [0, 0.05) is 12.4 Å². The molecule has 0 saturated heterocycles. The molecule has 3 rings (SSSR count).